The second kappa shape index (κ2) is 7.24. The van der Waals surface area contributed by atoms with Gasteiger partial charge in [-0.2, -0.15) is 0 Å². The topological polar surface area (TPSA) is 52.6 Å². The van der Waals surface area contributed by atoms with Crippen molar-refractivity contribution in [1.82, 2.24) is 10.2 Å². The molecule has 1 aliphatic carbocycles. The Kier molecular flexibility index (Phi) is 5.26. The molecule has 2 aliphatic rings. The van der Waals surface area contributed by atoms with E-state index in [0.717, 1.165) is 38.6 Å². The lowest BCUT2D eigenvalue weighted by molar-refractivity contribution is -0.133. The van der Waals surface area contributed by atoms with Crippen LogP contribution >= 0.6 is 0 Å². The van der Waals surface area contributed by atoms with E-state index in [1.54, 1.807) is 0 Å². The molecule has 1 heterocycles. The summed E-state index contributed by atoms with van der Waals surface area (Å²) in [6.07, 6.45) is 6.01. The maximum atomic E-state index is 12.6. The van der Waals surface area contributed by atoms with Crippen LogP contribution in [0, 0.1) is 6.92 Å². The number of fused-ring (bicyclic) bond motifs is 1. The van der Waals surface area contributed by atoms with Crippen LogP contribution in [-0.2, 0) is 11.2 Å². The summed E-state index contributed by atoms with van der Waals surface area (Å²) in [5.41, 5.74) is 3.27. The van der Waals surface area contributed by atoms with Gasteiger partial charge in [-0.05, 0) is 44.2 Å². The van der Waals surface area contributed by atoms with Crippen molar-refractivity contribution in [3.63, 3.8) is 0 Å². The highest BCUT2D eigenvalue weighted by Crippen LogP contribution is 2.30. The maximum absolute atomic E-state index is 12.6. The van der Waals surface area contributed by atoms with Gasteiger partial charge in [0.05, 0.1) is 18.2 Å². The van der Waals surface area contributed by atoms with Gasteiger partial charge in [0.15, 0.2) is 0 Å². The lowest BCUT2D eigenvalue weighted by Crippen LogP contribution is -2.47. The SMILES string of the molecule is Cc1ccc2c(c1)C(C)N(C(=O)CNCC1(O)CCCCC1)CC2. The molecule has 1 aliphatic heterocycles. The third-order valence-electron chi connectivity index (χ3n) is 5.68. The van der Waals surface area contributed by atoms with E-state index in [1.165, 1.54) is 23.1 Å². The minimum Gasteiger partial charge on any atom is -0.389 e. The van der Waals surface area contributed by atoms with Crippen molar-refractivity contribution in [3.8, 4) is 0 Å². The lowest BCUT2D eigenvalue weighted by atomic mass is 9.85. The number of aryl methyl sites for hydroxylation is 1. The summed E-state index contributed by atoms with van der Waals surface area (Å²) in [5.74, 6) is 0.133. The second-order valence-electron chi connectivity index (χ2n) is 7.60. The Hall–Kier alpha value is -1.39. The van der Waals surface area contributed by atoms with E-state index in [9.17, 15) is 9.90 Å². The summed E-state index contributed by atoms with van der Waals surface area (Å²) in [4.78, 5) is 14.6. The van der Waals surface area contributed by atoms with Crippen LogP contribution in [-0.4, -0.2) is 41.1 Å². The number of hydrogen-bond acceptors (Lipinski definition) is 3. The number of rotatable bonds is 4. The molecular weight excluding hydrogens is 300 g/mol. The van der Waals surface area contributed by atoms with Crippen molar-refractivity contribution in [3.05, 3.63) is 34.9 Å². The van der Waals surface area contributed by atoms with Crippen LogP contribution in [0.25, 0.3) is 0 Å². The van der Waals surface area contributed by atoms with Gasteiger partial charge < -0.3 is 15.3 Å². The van der Waals surface area contributed by atoms with Crippen molar-refractivity contribution in [2.75, 3.05) is 19.6 Å². The summed E-state index contributed by atoms with van der Waals surface area (Å²) in [6.45, 7) is 5.83. The Balaban J connectivity index is 1.56. The first kappa shape index (κ1) is 17.4. The predicted molar refractivity (Wildman–Crippen MR) is 95.9 cm³/mol. The minimum absolute atomic E-state index is 0.126. The third-order valence-corrected chi connectivity index (χ3v) is 5.68. The molecule has 1 atom stereocenters. The van der Waals surface area contributed by atoms with Gasteiger partial charge in [-0.1, -0.05) is 43.0 Å². The van der Waals surface area contributed by atoms with Crippen LogP contribution in [0.15, 0.2) is 18.2 Å². The molecule has 2 N–H and O–H groups in total. The Morgan fingerprint density at radius 2 is 2.08 bits per heavy atom. The summed E-state index contributed by atoms with van der Waals surface area (Å²) in [7, 11) is 0. The van der Waals surface area contributed by atoms with Gasteiger partial charge in [-0.25, -0.2) is 0 Å². The highest BCUT2D eigenvalue weighted by atomic mass is 16.3. The summed E-state index contributed by atoms with van der Waals surface area (Å²) in [5, 5.41) is 13.7. The van der Waals surface area contributed by atoms with E-state index in [2.05, 4.69) is 37.4 Å². The zero-order valence-corrected chi connectivity index (χ0v) is 15.0. The molecule has 1 amide bonds. The standard InChI is InChI=1S/C20H30N2O2/c1-15-6-7-17-8-11-22(16(2)18(17)12-15)19(23)13-21-14-20(24)9-4-3-5-10-20/h6-7,12,16,21,24H,3-5,8-11,13-14H2,1-2H3. The first-order valence-corrected chi connectivity index (χ1v) is 9.30. The maximum Gasteiger partial charge on any atom is 0.237 e. The van der Waals surface area contributed by atoms with Gasteiger partial charge in [0.2, 0.25) is 5.91 Å². The van der Waals surface area contributed by atoms with E-state index >= 15 is 0 Å². The first-order chi connectivity index (χ1) is 11.5. The van der Waals surface area contributed by atoms with E-state index in [4.69, 9.17) is 0 Å². The summed E-state index contributed by atoms with van der Waals surface area (Å²) < 4.78 is 0. The second-order valence-corrected chi connectivity index (χ2v) is 7.60. The quantitative estimate of drug-likeness (QED) is 0.892. The molecule has 0 radical (unpaired) electrons. The highest BCUT2D eigenvalue weighted by molar-refractivity contribution is 5.79. The van der Waals surface area contributed by atoms with Crippen LogP contribution in [0.3, 0.4) is 0 Å². The van der Waals surface area contributed by atoms with Crippen LogP contribution in [0.1, 0.15) is 61.8 Å². The molecule has 1 fully saturated rings. The van der Waals surface area contributed by atoms with Crippen LogP contribution < -0.4 is 5.32 Å². The number of hydrogen-bond donors (Lipinski definition) is 2. The molecule has 4 nitrogen and oxygen atoms in total. The molecule has 1 aromatic carbocycles. The highest BCUT2D eigenvalue weighted by Gasteiger charge is 2.30. The molecule has 1 aromatic rings. The molecule has 1 unspecified atom stereocenters. The summed E-state index contributed by atoms with van der Waals surface area (Å²) >= 11 is 0. The molecule has 0 saturated heterocycles. The van der Waals surface area contributed by atoms with E-state index in [1.807, 2.05) is 4.90 Å². The fourth-order valence-electron chi connectivity index (χ4n) is 4.16. The average Bonchev–Trinajstić information content (AvgIpc) is 2.56. The number of benzene rings is 1. The normalized spacial score (nSPS) is 23.0. The molecule has 4 heteroatoms. The molecule has 0 aromatic heterocycles. The van der Waals surface area contributed by atoms with Gasteiger partial charge in [0, 0.05) is 13.1 Å². The van der Waals surface area contributed by atoms with Crippen LogP contribution in [0.5, 0.6) is 0 Å². The Morgan fingerprint density at radius 3 is 2.83 bits per heavy atom. The van der Waals surface area contributed by atoms with Gasteiger partial charge in [-0.15, -0.1) is 0 Å². The molecule has 1 saturated carbocycles. The lowest BCUT2D eigenvalue weighted by Gasteiger charge is -2.36. The van der Waals surface area contributed by atoms with Gasteiger partial charge in [0.1, 0.15) is 0 Å². The Labute approximate surface area is 145 Å². The number of amides is 1. The Bertz CT molecular complexity index is 593. The zero-order valence-electron chi connectivity index (χ0n) is 15.0. The number of nitrogens with zero attached hydrogens (tertiary/aromatic N) is 1. The number of carbonyl (C=O) groups is 1. The fourth-order valence-corrected chi connectivity index (χ4v) is 4.16. The third kappa shape index (κ3) is 3.81. The van der Waals surface area contributed by atoms with Crippen molar-refractivity contribution >= 4 is 5.91 Å². The Morgan fingerprint density at radius 1 is 1.33 bits per heavy atom. The van der Waals surface area contributed by atoms with Crippen LogP contribution in [0.4, 0.5) is 0 Å². The van der Waals surface area contributed by atoms with Gasteiger partial charge in [-0.3, -0.25) is 4.79 Å². The monoisotopic (exact) mass is 330 g/mol. The average molecular weight is 330 g/mol. The van der Waals surface area contributed by atoms with E-state index < -0.39 is 5.60 Å². The van der Waals surface area contributed by atoms with Crippen molar-refractivity contribution in [1.29, 1.82) is 0 Å². The van der Waals surface area contributed by atoms with Gasteiger partial charge in [0.25, 0.3) is 0 Å². The minimum atomic E-state index is -0.615. The molecule has 3 rings (SSSR count). The number of carbonyl (C=O) groups excluding carboxylic acids is 1. The van der Waals surface area contributed by atoms with E-state index in [-0.39, 0.29) is 11.9 Å². The van der Waals surface area contributed by atoms with Crippen molar-refractivity contribution in [2.24, 2.45) is 0 Å². The predicted octanol–water partition coefficient (Wildman–Crippen LogP) is 2.73. The first-order valence-electron chi connectivity index (χ1n) is 9.30. The molecule has 24 heavy (non-hydrogen) atoms. The smallest absolute Gasteiger partial charge is 0.237 e. The van der Waals surface area contributed by atoms with Crippen molar-refractivity contribution < 1.29 is 9.90 Å². The summed E-state index contributed by atoms with van der Waals surface area (Å²) in [6, 6.07) is 6.67. The van der Waals surface area contributed by atoms with Crippen molar-refractivity contribution in [2.45, 2.75) is 64.0 Å². The molecular formula is C20H30N2O2. The molecule has 132 valence electrons. The van der Waals surface area contributed by atoms with Gasteiger partial charge >= 0.3 is 0 Å². The fraction of sp³-hybridized carbons (Fsp3) is 0.650. The molecule has 0 spiro atoms. The van der Waals surface area contributed by atoms with Crippen LogP contribution in [0.2, 0.25) is 0 Å². The zero-order chi connectivity index (χ0) is 17.2. The largest absolute Gasteiger partial charge is 0.389 e. The van der Waals surface area contributed by atoms with E-state index in [0.29, 0.717) is 13.1 Å². The number of aliphatic hydroxyl groups is 1. The number of nitrogens with one attached hydrogen (secondary N) is 1. The molecule has 0 bridgehead atoms.